The summed E-state index contributed by atoms with van der Waals surface area (Å²) in [6, 6.07) is 8.89. The van der Waals surface area contributed by atoms with Crippen LogP contribution >= 0.6 is 0 Å². The van der Waals surface area contributed by atoms with Crippen molar-refractivity contribution in [2.24, 2.45) is 5.41 Å². The zero-order valence-corrected chi connectivity index (χ0v) is 12.6. The van der Waals surface area contributed by atoms with Crippen LogP contribution in [0.15, 0.2) is 24.3 Å². The van der Waals surface area contributed by atoms with Crippen LogP contribution in [-0.2, 0) is 6.54 Å². The fraction of sp³-hybridized carbons (Fsp3) is 0.625. The van der Waals surface area contributed by atoms with E-state index in [-0.39, 0.29) is 5.41 Å². The van der Waals surface area contributed by atoms with E-state index in [2.05, 4.69) is 43.1 Å². The maximum atomic E-state index is 5.47. The molecule has 0 aliphatic carbocycles. The molecular weight excluding hydrogens is 236 g/mol. The number of hydrogen-bond donors (Lipinski definition) is 1. The summed E-state index contributed by atoms with van der Waals surface area (Å²) in [4.78, 5) is 2.58. The van der Waals surface area contributed by atoms with Gasteiger partial charge in [-0.15, -0.1) is 0 Å². The van der Waals surface area contributed by atoms with Crippen molar-refractivity contribution in [3.05, 3.63) is 29.8 Å². The second kappa shape index (κ2) is 5.93. The van der Waals surface area contributed by atoms with Gasteiger partial charge in [0.1, 0.15) is 5.75 Å². The molecule has 3 nitrogen and oxygen atoms in total. The molecule has 1 aromatic carbocycles. The SMILES string of the molecule is COc1ccccc1CN1CCNCC1C(C)(C)C. The first-order valence-electron chi connectivity index (χ1n) is 7.09. The van der Waals surface area contributed by atoms with Crippen molar-refractivity contribution in [3.63, 3.8) is 0 Å². The molecule has 2 rings (SSSR count). The van der Waals surface area contributed by atoms with Crippen LogP contribution in [0.25, 0.3) is 0 Å². The van der Waals surface area contributed by atoms with E-state index in [0.29, 0.717) is 6.04 Å². The molecule has 106 valence electrons. The Hall–Kier alpha value is -1.06. The lowest BCUT2D eigenvalue weighted by atomic mass is 9.84. The second-order valence-electron chi connectivity index (χ2n) is 6.37. The monoisotopic (exact) mass is 262 g/mol. The standard InChI is InChI=1S/C16H26N2O/c1-16(2,3)15-11-17-9-10-18(15)12-13-7-5-6-8-14(13)19-4/h5-8,15,17H,9-12H2,1-4H3. The highest BCUT2D eigenvalue weighted by atomic mass is 16.5. The summed E-state index contributed by atoms with van der Waals surface area (Å²) in [6.45, 7) is 11.2. The summed E-state index contributed by atoms with van der Waals surface area (Å²) in [5, 5.41) is 3.51. The number of hydrogen-bond acceptors (Lipinski definition) is 3. The van der Waals surface area contributed by atoms with Crippen LogP contribution in [0.5, 0.6) is 5.75 Å². The minimum Gasteiger partial charge on any atom is -0.496 e. The van der Waals surface area contributed by atoms with Gasteiger partial charge in [0.2, 0.25) is 0 Å². The van der Waals surface area contributed by atoms with Crippen LogP contribution in [0.4, 0.5) is 0 Å². The molecule has 0 radical (unpaired) electrons. The third kappa shape index (κ3) is 3.48. The summed E-state index contributed by atoms with van der Waals surface area (Å²) in [6.07, 6.45) is 0. The number of piperazine rings is 1. The molecule has 1 unspecified atom stereocenters. The Bertz CT molecular complexity index is 411. The van der Waals surface area contributed by atoms with Crippen LogP contribution in [0.1, 0.15) is 26.3 Å². The maximum absolute atomic E-state index is 5.47. The van der Waals surface area contributed by atoms with Crippen LogP contribution < -0.4 is 10.1 Å². The number of benzene rings is 1. The van der Waals surface area contributed by atoms with E-state index < -0.39 is 0 Å². The van der Waals surface area contributed by atoms with E-state index in [4.69, 9.17) is 4.74 Å². The minimum atomic E-state index is 0.287. The Morgan fingerprint density at radius 1 is 1.32 bits per heavy atom. The smallest absolute Gasteiger partial charge is 0.123 e. The lowest BCUT2D eigenvalue weighted by molar-refractivity contribution is 0.0682. The van der Waals surface area contributed by atoms with Crippen LogP contribution in [-0.4, -0.2) is 37.7 Å². The first-order valence-corrected chi connectivity index (χ1v) is 7.09. The summed E-state index contributed by atoms with van der Waals surface area (Å²) >= 11 is 0. The Balaban J connectivity index is 2.15. The molecule has 0 bridgehead atoms. The predicted molar refractivity (Wildman–Crippen MR) is 79.5 cm³/mol. The number of methoxy groups -OCH3 is 1. The van der Waals surface area contributed by atoms with Gasteiger partial charge < -0.3 is 10.1 Å². The van der Waals surface area contributed by atoms with E-state index in [1.807, 2.05) is 12.1 Å². The van der Waals surface area contributed by atoms with Gasteiger partial charge in [0.25, 0.3) is 0 Å². The molecule has 3 heteroatoms. The highest BCUT2D eigenvalue weighted by Gasteiger charge is 2.32. The second-order valence-corrected chi connectivity index (χ2v) is 6.37. The van der Waals surface area contributed by atoms with Gasteiger partial charge in [0.05, 0.1) is 7.11 Å². The molecule has 0 saturated carbocycles. The van der Waals surface area contributed by atoms with Gasteiger partial charge in [0, 0.05) is 37.8 Å². The molecule has 1 aromatic rings. The van der Waals surface area contributed by atoms with Crippen molar-refractivity contribution in [3.8, 4) is 5.75 Å². The number of nitrogens with one attached hydrogen (secondary N) is 1. The van der Waals surface area contributed by atoms with Crippen molar-refractivity contribution >= 4 is 0 Å². The van der Waals surface area contributed by atoms with Crippen LogP contribution in [0.3, 0.4) is 0 Å². The maximum Gasteiger partial charge on any atom is 0.123 e. The summed E-state index contributed by atoms with van der Waals surface area (Å²) in [5.74, 6) is 0.994. The molecule has 0 spiro atoms. The first kappa shape index (κ1) is 14.4. The Morgan fingerprint density at radius 2 is 2.05 bits per heavy atom. The summed E-state index contributed by atoms with van der Waals surface area (Å²) in [5.41, 5.74) is 1.57. The quantitative estimate of drug-likeness (QED) is 0.906. The van der Waals surface area contributed by atoms with Crippen molar-refractivity contribution < 1.29 is 4.74 Å². The molecule has 1 aliphatic heterocycles. The topological polar surface area (TPSA) is 24.5 Å². The van der Waals surface area contributed by atoms with E-state index in [1.54, 1.807) is 7.11 Å². The van der Waals surface area contributed by atoms with E-state index in [0.717, 1.165) is 31.9 Å². The average Bonchev–Trinajstić information content (AvgIpc) is 2.39. The highest BCUT2D eigenvalue weighted by molar-refractivity contribution is 5.33. The number of rotatable bonds is 3. The van der Waals surface area contributed by atoms with Crippen LogP contribution in [0, 0.1) is 5.41 Å². The zero-order chi connectivity index (χ0) is 13.9. The lowest BCUT2D eigenvalue weighted by Crippen LogP contribution is -2.56. The molecule has 1 fully saturated rings. The Kier molecular flexibility index (Phi) is 4.48. The summed E-state index contributed by atoms with van der Waals surface area (Å²) < 4.78 is 5.47. The molecule has 1 N–H and O–H groups in total. The van der Waals surface area contributed by atoms with E-state index in [1.165, 1.54) is 5.56 Å². The molecular formula is C16H26N2O. The first-order chi connectivity index (χ1) is 9.02. The fourth-order valence-corrected chi connectivity index (χ4v) is 2.84. The minimum absolute atomic E-state index is 0.287. The van der Waals surface area contributed by atoms with Crippen molar-refractivity contribution in [2.75, 3.05) is 26.7 Å². The van der Waals surface area contributed by atoms with E-state index >= 15 is 0 Å². The largest absolute Gasteiger partial charge is 0.496 e. The molecule has 1 heterocycles. The molecule has 0 aromatic heterocycles. The highest BCUT2D eigenvalue weighted by Crippen LogP contribution is 2.28. The van der Waals surface area contributed by atoms with Gasteiger partial charge in [-0.1, -0.05) is 39.0 Å². The normalized spacial score (nSPS) is 21.4. The number of ether oxygens (including phenoxy) is 1. The van der Waals surface area contributed by atoms with Gasteiger partial charge >= 0.3 is 0 Å². The molecule has 1 aliphatic rings. The molecule has 1 atom stereocenters. The van der Waals surface area contributed by atoms with Crippen molar-refractivity contribution in [2.45, 2.75) is 33.4 Å². The molecule has 1 saturated heterocycles. The van der Waals surface area contributed by atoms with Crippen LogP contribution in [0.2, 0.25) is 0 Å². The van der Waals surface area contributed by atoms with Crippen molar-refractivity contribution in [1.82, 2.24) is 10.2 Å². The lowest BCUT2D eigenvalue weighted by Gasteiger charge is -2.43. The Labute approximate surface area is 116 Å². The zero-order valence-electron chi connectivity index (χ0n) is 12.6. The number of para-hydroxylation sites is 1. The molecule has 19 heavy (non-hydrogen) atoms. The average molecular weight is 262 g/mol. The van der Waals surface area contributed by atoms with Crippen molar-refractivity contribution in [1.29, 1.82) is 0 Å². The van der Waals surface area contributed by atoms with Gasteiger partial charge in [-0.2, -0.15) is 0 Å². The third-order valence-corrected chi connectivity index (χ3v) is 3.92. The molecule has 0 amide bonds. The summed E-state index contributed by atoms with van der Waals surface area (Å²) in [7, 11) is 1.75. The van der Waals surface area contributed by atoms with Gasteiger partial charge in [-0.3, -0.25) is 4.90 Å². The van der Waals surface area contributed by atoms with E-state index in [9.17, 15) is 0 Å². The van der Waals surface area contributed by atoms with Gasteiger partial charge in [-0.05, 0) is 11.5 Å². The Morgan fingerprint density at radius 3 is 2.74 bits per heavy atom. The third-order valence-electron chi connectivity index (χ3n) is 3.92. The van der Waals surface area contributed by atoms with Gasteiger partial charge in [-0.25, -0.2) is 0 Å². The number of nitrogens with zero attached hydrogens (tertiary/aromatic N) is 1. The predicted octanol–water partition coefficient (Wildman–Crippen LogP) is 2.52. The van der Waals surface area contributed by atoms with Gasteiger partial charge in [0.15, 0.2) is 0 Å². The fourth-order valence-electron chi connectivity index (χ4n) is 2.84.